The van der Waals surface area contributed by atoms with Crippen molar-refractivity contribution in [1.29, 1.82) is 0 Å². The van der Waals surface area contributed by atoms with Crippen LogP contribution in [-0.4, -0.2) is 53.1 Å². The molecule has 3 atom stereocenters. The summed E-state index contributed by atoms with van der Waals surface area (Å²) in [7, 11) is 0. The van der Waals surface area contributed by atoms with Gasteiger partial charge in [0.2, 0.25) is 11.8 Å². The average Bonchev–Trinajstić information content (AvgIpc) is 3.12. The maximum atomic E-state index is 15.1. The van der Waals surface area contributed by atoms with E-state index < -0.39 is 5.41 Å². The quantitative estimate of drug-likeness (QED) is 0.701. The van der Waals surface area contributed by atoms with Gasteiger partial charge in [-0.3, -0.25) is 9.59 Å². The summed E-state index contributed by atoms with van der Waals surface area (Å²) in [4.78, 5) is 30.0. The molecule has 1 aromatic carbocycles. The van der Waals surface area contributed by atoms with E-state index in [1.54, 1.807) is 19.1 Å². The van der Waals surface area contributed by atoms with Crippen LogP contribution in [-0.2, 0) is 9.59 Å². The number of nitrogens with zero attached hydrogens (tertiary/aromatic N) is 2. The summed E-state index contributed by atoms with van der Waals surface area (Å²) in [5.74, 6) is 1.11. The number of amides is 2. The van der Waals surface area contributed by atoms with Crippen molar-refractivity contribution in [3.05, 3.63) is 24.0 Å². The van der Waals surface area contributed by atoms with Gasteiger partial charge >= 0.3 is 0 Å². The van der Waals surface area contributed by atoms with E-state index in [4.69, 9.17) is 0 Å². The van der Waals surface area contributed by atoms with E-state index in [0.29, 0.717) is 42.1 Å². The van der Waals surface area contributed by atoms with Gasteiger partial charge in [-0.25, -0.2) is 4.39 Å². The molecule has 4 bridgehead atoms. The monoisotopic (exact) mass is 469 g/mol. The minimum Gasteiger partial charge on any atom is -0.393 e. The Labute approximate surface area is 200 Å². The zero-order valence-corrected chi connectivity index (χ0v) is 20.1. The molecule has 184 valence electrons. The third-order valence-corrected chi connectivity index (χ3v) is 9.75. The van der Waals surface area contributed by atoms with E-state index >= 15 is 4.39 Å². The number of halogens is 1. The third kappa shape index (κ3) is 3.37. The average molecular weight is 470 g/mol. The van der Waals surface area contributed by atoms with Gasteiger partial charge in [0.1, 0.15) is 5.82 Å². The molecule has 3 unspecified atom stereocenters. The third-order valence-electron chi connectivity index (χ3n) is 9.75. The number of hydrogen-bond donors (Lipinski definition) is 2. The van der Waals surface area contributed by atoms with E-state index in [9.17, 15) is 14.7 Å². The largest absolute Gasteiger partial charge is 0.393 e. The van der Waals surface area contributed by atoms with Crippen LogP contribution in [0.15, 0.2) is 18.2 Å². The van der Waals surface area contributed by atoms with Gasteiger partial charge in [-0.05, 0) is 87.3 Å². The number of aliphatic hydroxyl groups excluding tert-OH is 1. The highest BCUT2D eigenvalue weighted by molar-refractivity contribution is 5.90. The fourth-order valence-corrected chi connectivity index (χ4v) is 8.36. The van der Waals surface area contributed by atoms with Crippen molar-refractivity contribution in [2.75, 3.05) is 29.9 Å². The number of carbonyl (C=O) groups excluding carboxylic acids is 2. The fraction of sp³-hybridized carbons (Fsp3) is 0.704. The Morgan fingerprint density at radius 2 is 1.94 bits per heavy atom. The number of nitrogens with one attached hydrogen (secondary N) is 1. The number of anilines is 2. The van der Waals surface area contributed by atoms with Crippen LogP contribution in [0.5, 0.6) is 0 Å². The number of likely N-dealkylation sites (tertiary alicyclic amines) is 1. The molecule has 7 rings (SSSR count). The molecule has 7 heteroatoms. The Morgan fingerprint density at radius 3 is 2.65 bits per heavy atom. The number of benzene rings is 1. The molecule has 2 amide bonds. The second kappa shape index (κ2) is 7.94. The summed E-state index contributed by atoms with van der Waals surface area (Å²) in [5, 5.41) is 13.4. The molecular weight excluding hydrogens is 433 g/mol. The van der Waals surface area contributed by atoms with Crippen LogP contribution >= 0.6 is 0 Å². The van der Waals surface area contributed by atoms with Crippen LogP contribution < -0.4 is 10.2 Å². The first-order valence-electron chi connectivity index (χ1n) is 13.2. The van der Waals surface area contributed by atoms with Crippen LogP contribution in [0.3, 0.4) is 0 Å². The first-order chi connectivity index (χ1) is 16.3. The van der Waals surface area contributed by atoms with Crippen molar-refractivity contribution >= 4 is 23.2 Å². The number of rotatable bonds is 4. The Bertz CT molecular complexity index is 999. The minimum atomic E-state index is -0.443. The predicted molar refractivity (Wildman–Crippen MR) is 128 cm³/mol. The molecule has 2 aliphatic heterocycles. The van der Waals surface area contributed by atoms with Gasteiger partial charge < -0.3 is 20.2 Å². The molecule has 2 N–H and O–H groups in total. The zero-order chi connectivity index (χ0) is 23.7. The predicted octanol–water partition coefficient (Wildman–Crippen LogP) is 3.93. The SMILES string of the molecule is CCC(=O)Nc1ccc(N2CCCC3(CCN(C45CC6CC(C4)C(O)C(C6)C5)C3=O)C2)c(F)c1. The van der Waals surface area contributed by atoms with Gasteiger partial charge in [0, 0.05) is 37.3 Å². The molecule has 1 aromatic rings. The number of hydrogen-bond acceptors (Lipinski definition) is 4. The van der Waals surface area contributed by atoms with Crippen LogP contribution in [0.2, 0.25) is 0 Å². The van der Waals surface area contributed by atoms with Crippen molar-refractivity contribution in [2.24, 2.45) is 23.2 Å². The van der Waals surface area contributed by atoms with Crippen LogP contribution in [0.4, 0.5) is 15.8 Å². The van der Waals surface area contributed by atoms with E-state index in [1.165, 1.54) is 6.07 Å². The summed E-state index contributed by atoms with van der Waals surface area (Å²) in [6.45, 7) is 3.84. The molecular formula is C27H36FN3O3. The summed E-state index contributed by atoms with van der Waals surface area (Å²) in [6.07, 6.45) is 7.96. The summed E-state index contributed by atoms with van der Waals surface area (Å²) in [6, 6.07) is 4.86. The van der Waals surface area contributed by atoms with Gasteiger partial charge in [-0.2, -0.15) is 0 Å². The maximum absolute atomic E-state index is 15.1. The molecule has 6 nitrogen and oxygen atoms in total. The second-order valence-corrected chi connectivity index (χ2v) is 11.8. The Kier molecular flexibility index (Phi) is 5.21. The van der Waals surface area contributed by atoms with Crippen LogP contribution in [0.25, 0.3) is 0 Å². The zero-order valence-electron chi connectivity index (χ0n) is 20.1. The molecule has 4 aliphatic carbocycles. The van der Waals surface area contributed by atoms with Crippen LogP contribution in [0, 0.1) is 29.0 Å². The Morgan fingerprint density at radius 1 is 1.18 bits per heavy atom. The summed E-state index contributed by atoms with van der Waals surface area (Å²) >= 11 is 0. The highest BCUT2D eigenvalue weighted by atomic mass is 19.1. The smallest absolute Gasteiger partial charge is 0.231 e. The summed E-state index contributed by atoms with van der Waals surface area (Å²) in [5.41, 5.74) is 0.467. The number of carbonyl (C=O) groups is 2. The topological polar surface area (TPSA) is 72.9 Å². The van der Waals surface area contributed by atoms with Gasteiger partial charge in [0.25, 0.3) is 0 Å². The van der Waals surface area contributed by atoms with Crippen molar-refractivity contribution in [1.82, 2.24) is 4.90 Å². The molecule has 1 spiro atoms. The molecule has 4 saturated carbocycles. The molecule has 0 radical (unpaired) electrons. The molecule has 6 aliphatic rings. The first-order valence-corrected chi connectivity index (χ1v) is 13.2. The number of piperidine rings is 1. The first kappa shape index (κ1) is 22.3. The fourth-order valence-electron chi connectivity index (χ4n) is 8.36. The Balaban J connectivity index is 1.21. The van der Waals surface area contributed by atoms with E-state index in [1.807, 2.05) is 4.90 Å². The lowest BCUT2D eigenvalue weighted by Gasteiger charge is -2.61. The van der Waals surface area contributed by atoms with E-state index in [2.05, 4.69) is 10.2 Å². The lowest BCUT2D eigenvalue weighted by molar-refractivity contribution is -0.167. The molecule has 6 fully saturated rings. The van der Waals surface area contributed by atoms with Gasteiger partial charge in [0.15, 0.2) is 0 Å². The molecule has 2 saturated heterocycles. The minimum absolute atomic E-state index is 0.0665. The van der Waals surface area contributed by atoms with Gasteiger partial charge in [0.05, 0.1) is 17.2 Å². The maximum Gasteiger partial charge on any atom is 0.231 e. The molecule has 34 heavy (non-hydrogen) atoms. The Hall–Kier alpha value is -2.15. The molecule has 0 aromatic heterocycles. The standard InChI is InChI=1S/C27H36FN3O3/c1-2-23(32)29-20-4-5-22(21(28)12-20)30-8-3-6-26(16-30)7-9-31(25(26)34)27-13-17-10-18(14-27)24(33)19(11-17)15-27/h4-5,12,17-19,24,33H,2-3,6-11,13-16H2,1H3,(H,29,32). The van der Waals surface area contributed by atoms with Gasteiger partial charge in [-0.15, -0.1) is 0 Å². The van der Waals surface area contributed by atoms with Gasteiger partial charge in [-0.1, -0.05) is 6.92 Å². The highest BCUT2D eigenvalue weighted by Crippen LogP contribution is 2.59. The lowest BCUT2D eigenvalue weighted by Crippen LogP contribution is -2.65. The van der Waals surface area contributed by atoms with E-state index in [-0.39, 0.29) is 29.3 Å². The van der Waals surface area contributed by atoms with E-state index in [0.717, 1.165) is 64.5 Å². The highest BCUT2D eigenvalue weighted by Gasteiger charge is 2.62. The van der Waals surface area contributed by atoms with Crippen molar-refractivity contribution in [2.45, 2.75) is 76.4 Å². The summed E-state index contributed by atoms with van der Waals surface area (Å²) < 4.78 is 15.1. The van der Waals surface area contributed by atoms with Crippen molar-refractivity contribution < 1.29 is 19.1 Å². The number of aliphatic hydroxyl groups is 1. The second-order valence-electron chi connectivity index (χ2n) is 11.8. The van der Waals surface area contributed by atoms with Crippen molar-refractivity contribution in [3.63, 3.8) is 0 Å². The normalized spacial score (nSPS) is 38.7. The van der Waals surface area contributed by atoms with Crippen LogP contribution in [0.1, 0.15) is 64.7 Å². The molecule has 2 heterocycles. The van der Waals surface area contributed by atoms with Crippen molar-refractivity contribution in [3.8, 4) is 0 Å². The lowest BCUT2D eigenvalue weighted by atomic mass is 9.51.